The quantitative estimate of drug-likeness (QED) is 0.507. The van der Waals surface area contributed by atoms with E-state index in [0.717, 1.165) is 5.69 Å². The second-order valence-corrected chi connectivity index (χ2v) is 7.74. The fraction of sp³-hybridized carbons (Fsp3) is 0.320. The summed E-state index contributed by atoms with van der Waals surface area (Å²) >= 11 is 0. The highest BCUT2D eigenvalue weighted by molar-refractivity contribution is 5.60. The van der Waals surface area contributed by atoms with E-state index in [1.807, 2.05) is 13.1 Å². The van der Waals surface area contributed by atoms with Crippen LogP contribution in [-0.2, 0) is 0 Å². The lowest BCUT2D eigenvalue weighted by atomic mass is 9.78. The predicted octanol–water partition coefficient (Wildman–Crippen LogP) is 5.28. The van der Waals surface area contributed by atoms with Gasteiger partial charge in [-0.1, -0.05) is 48.6 Å². The number of hydrogen-bond donors (Lipinski definition) is 0. The predicted molar refractivity (Wildman–Crippen MR) is 122 cm³/mol. The largest absolute Gasteiger partial charge is 0.378 e. The van der Waals surface area contributed by atoms with Gasteiger partial charge in [0.15, 0.2) is 0 Å². The summed E-state index contributed by atoms with van der Waals surface area (Å²) in [7, 11) is 8.38. The van der Waals surface area contributed by atoms with Crippen LogP contribution in [0, 0.1) is 5.92 Å². The summed E-state index contributed by atoms with van der Waals surface area (Å²) < 4.78 is 0. The van der Waals surface area contributed by atoms with E-state index < -0.39 is 0 Å². The summed E-state index contributed by atoms with van der Waals surface area (Å²) in [6.07, 6.45) is 11.2. The number of hydrogen-bond acceptors (Lipinski definition) is 3. The van der Waals surface area contributed by atoms with E-state index in [0.29, 0.717) is 12.0 Å². The van der Waals surface area contributed by atoms with Gasteiger partial charge >= 0.3 is 0 Å². The van der Waals surface area contributed by atoms with E-state index >= 15 is 0 Å². The van der Waals surface area contributed by atoms with Crippen LogP contribution in [0.25, 0.3) is 0 Å². The third kappa shape index (κ3) is 4.60. The fourth-order valence-corrected chi connectivity index (χ4v) is 3.71. The molecule has 28 heavy (non-hydrogen) atoms. The second kappa shape index (κ2) is 9.03. The highest BCUT2D eigenvalue weighted by Gasteiger charge is 2.24. The first-order valence-corrected chi connectivity index (χ1v) is 9.88. The average Bonchev–Trinajstić information content (AvgIpc) is 2.70. The molecule has 1 aliphatic rings. The molecule has 0 amide bonds. The van der Waals surface area contributed by atoms with Crippen LogP contribution in [0.3, 0.4) is 0 Å². The Hall–Kier alpha value is -2.65. The van der Waals surface area contributed by atoms with Crippen LogP contribution in [0.1, 0.15) is 24.0 Å². The maximum Gasteiger partial charge on any atom is 0.0625 e. The topological polar surface area (TPSA) is 18.8 Å². The van der Waals surface area contributed by atoms with E-state index in [-0.39, 0.29) is 5.92 Å². The van der Waals surface area contributed by atoms with Gasteiger partial charge in [0, 0.05) is 43.9 Å². The lowest BCUT2D eigenvalue weighted by Crippen LogP contribution is -2.26. The Morgan fingerprint density at radius 1 is 0.786 bits per heavy atom. The summed E-state index contributed by atoms with van der Waals surface area (Å²) in [6.45, 7) is 1.95. The average molecular weight is 374 g/mol. The van der Waals surface area contributed by atoms with Gasteiger partial charge in [0.2, 0.25) is 0 Å². The molecule has 3 rings (SSSR count). The summed E-state index contributed by atoms with van der Waals surface area (Å²) in [4.78, 5) is 8.75. The van der Waals surface area contributed by atoms with E-state index in [4.69, 9.17) is 0 Å². The van der Waals surface area contributed by atoms with Gasteiger partial charge in [0.1, 0.15) is 0 Å². The summed E-state index contributed by atoms with van der Waals surface area (Å²) in [5, 5.41) is 0. The van der Waals surface area contributed by atoms with Crippen LogP contribution in [0.4, 0.5) is 11.4 Å². The van der Waals surface area contributed by atoms with Crippen LogP contribution in [-0.4, -0.2) is 45.3 Å². The summed E-state index contributed by atoms with van der Waals surface area (Å²) in [6, 6.07) is 17.9. The second-order valence-electron chi connectivity index (χ2n) is 7.74. The van der Waals surface area contributed by atoms with Crippen molar-refractivity contribution >= 4 is 17.6 Å². The van der Waals surface area contributed by atoms with E-state index in [9.17, 15) is 0 Å². The molecule has 0 aliphatic heterocycles. The van der Waals surface area contributed by atoms with Gasteiger partial charge in [-0.3, -0.25) is 9.89 Å². The lowest BCUT2D eigenvalue weighted by Gasteiger charge is -2.29. The molecular weight excluding hydrogens is 342 g/mol. The summed E-state index contributed by atoms with van der Waals surface area (Å²) in [5.74, 6) is 0.619. The first-order chi connectivity index (χ1) is 13.5. The zero-order chi connectivity index (χ0) is 20.1. The standard InChI is InChI=1S/C25H31N3/c1-6-26-22-13-7-19(8-14-22)25(20-9-15-23(16-10-20)27(2)3)21-11-17-24(18-12-21)28(4)5/h6-18,20,23,25H,1-5H3. The minimum Gasteiger partial charge on any atom is -0.378 e. The molecule has 1 atom stereocenters. The molecule has 3 nitrogen and oxygen atoms in total. The van der Waals surface area contributed by atoms with Gasteiger partial charge in [-0.15, -0.1) is 0 Å². The Bertz CT molecular complexity index is 828. The SMILES string of the molecule is CC=Nc1ccc(C(c2ccc(N(C)C)cc2)C2C=CC(N(C)C)C=C2)cc1. The van der Waals surface area contributed by atoms with Gasteiger partial charge < -0.3 is 4.90 Å². The molecule has 0 N–H and O–H groups in total. The number of nitrogens with zero attached hydrogens (tertiary/aromatic N) is 3. The molecule has 0 saturated carbocycles. The van der Waals surface area contributed by atoms with Crippen molar-refractivity contribution in [3.8, 4) is 0 Å². The maximum atomic E-state index is 4.39. The van der Waals surface area contributed by atoms with E-state index in [1.54, 1.807) is 0 Å². The molecule has 0 spiro atoms. The Kier molecular flexibility index (Phi) is 6.48. The maximum absolute atomic E-state index is 4.39. The van der Waals surface area contributed by atoms with Crippen LogP contribution >= 0.6 is 0 Å². The zero-order valence-corrected chi connectivity index (χ0v) is 17.6. The molecule has 0 radical (unpaired) electrons. The number of rotatable bonds is 6. The van der Waals surface area contributed by atoms with Gasteiger partial charge in [-0.25, -0.2) is 0 Å². The molecule has 2 aromatic rings. The van der Waals surface area contributed by atoms with Crippen molar-refractivity contribution < 1.29 is 0 Å². The third-order valence-corrected chi connectivity index (χ3v) is 5.34. The Balaban J connectivity index is 1.96. The molecule has 1 unspecified atom stereocenters. The number of anilines is 1. The van der Waals surface area contributed by atoms with Crippen molar-refractivity contribution in [3.05, 3.63) is 84.0 Å². The van der Waals surface area contributed by atoms with Gasteiger partial charge in [0.25, 0.3) is 0 Å². The first-order valence-electron chi connectivity index (χ1n) is 9.88. The molecule has 146 valence electrons. The third-order valence-electron chi connectivity index (χ3n) is 5.34. The van der Waals surface area contributed by atoms with E-state index in [2.05, 4.69) is 116 Å². The monoisotopic (exact) mass is 373 g/mol. The van der Waals surface area contributed by atoms with Crippen molar-refractivity contribution in [1.82, 2.24) is 4.90 Å². The van der Waals surface area contributed by atoms with Crippen molar-refractivity contribution in [1.29, 1.82) is 0 Å². The number of likely N-dealkylation sites (N-methyl/N-ethyl adjacent to an activating group) is 1. The van der Waals surface area contributed by atoms with Crippen LogP contribution in [0.5, 0.6) is 0 Å². The smallest absolute Gasteiger partial charge is 0.0625 e. The zero-order valence-electron chi connectivity index (χ0n) is 17.6. The van der Waals surface area contributed by atoms with Crippen LogP contribution in [0.15, 0.2) is 77.8 Å². The fourth-order valence-electron chi connectivity index (χ4n) is 3.71. The van der Waals surface area contributed by atoms with E-state index in [1.165, 1.54) is 16.8 Å². The number of aliphatic imine (C=N–C) groups is 1. The van der Waals surface area contributed by atoms with Crippen LogP contribution < -0.4 is 4.90 Å². The Morgan fingerprint density at radius 2 is 1.32 bits per heavy atom. The molecule has 0 aromatic heterocycles. The van der Waals surface area contributed by atoms with Crippen molar-refractivity contribution in [3.63, 3.8) is 0 Å². The van der Waals surface area contributed by atoms with Crippen LogP contribution in [0.2, 0.25) is 0 Å². The minimum atomic E-state index is 0.284. The van der Waals surface area contributed by atoms with Gasteiger partial charge in [-0.2, -0.15) is 0 Å². The lowest BCUT2D eigenvalue weighted by molar-refractivity contribution is 0.385. The highest BCUT2D eigenvalue weighted by atomic mass is 15.1. The molecule has 1 aliphatic carbocycles. The molecule has 0 bridgehead atoms. The highest BCUT2D eigenvalue weighted by Crippen LogP contribution is 2.37. The molecule has 0 saturated heterocycles. The Labute approximate surface area is 169 Å². The number of allylic oxidation sites excluding steroid dienone is 2. The van der Waals surface area contributed by atoms with Crippen molar-refractivity contribution in [2.45, 2.75) is 18.9 Å². The molecular formula is C25H31N3. The van der Waals surface area contributed by atoms with Crippen molar-refractivity contribution in [2.24, 2.45) is 10.9 Å². The Morgan fingerprint density at radius 3 is 1.79 bits per heavy atom. The number of benzene rings is 2. The first kappa shape index (κ1) is 20.1. The van der Waals surface area contributed by atoms with Gasteiger partial charge in [-0.05, 0) is 56.4 Å². The molecule has 0 heterocycles. The minimum absolute atomic E-state index is 0.284. The normalized spacial score (nSPS) is 20.1. The molecule has 3 heteroatoms. The summed E-state index contributed by atoms with van der Waals surface area (Å²) in [5.41, 5.74) is 4.86. The van der Waals surface area contributed by atoms with Gasteiger partial charge in [0.05, 0.1) is 5.69 Å². The van der Waals surface area contributed by atoms with Crippen molar-refractivity contribution in [2.75, 3.05) is 33.1 Å². The molecule has 2 aromatic carbocycles. The molecule has 0 fully saturated rings.